The number of carbonyl (C=O) groups excluding carboxylic acids is 1. The fourth-order valence-corrected chi connectivity index (χ4v) is 3.01. The van der Waals surface area contributed by atoms with E-state index in [0.29, 0.717) is 13.1 Å². The lowest BCUT2D eigenvalue weighted by Crippen LogP contribution is -2.58. The molecule has 2 rings (SSSR count). The number of likely N-dealkylation sites (tertiary alicyclic amines) is 1. The number of rotatable bonds is 1. The predicted octanol–water partition coefficient (Wildman–Crippen LogP) is 0.0423. The van der Waals surface area contributed by atoms with E-state index in [4.69, 9.17) is 5.11 Å². The van der Waals surface area contributed by atoms with Gasteiger partial charge >= 0.3 is 12.0 Å². The first-order chi connectivity index (χ1) is 9.70. The van der Waals surface area contributed by atoms with Crippen LogP contribution in [-0.4, -0.2) is 87.3 Å². The lowest BCUT2D eigenvalue weighted by Gasteiger charge is -2.43. The Balaban J connectivity index is 1.97. The molecule has 0 aromatic heterocycles. The van der Waals surface area contributed by atoms with Crippen LogP contribution in [0.25, 0.3) is 0 Å². The number of hydrogen-bond acceptors (Lipinski definition) is 4. The maximum Gasteiger partial charge on any atom is 0.326 e. The number of carbonyl (C=O) groups is 2. The molecular weight excluding hydrogens is 274 g/mol. The maximum atomic E-state index is 12.5. The minimum atomic E-state index is -1.05. The monoisotopic (exact) mass is 299 g/mol. The van der Waals surface area contributed by atoms with Crippen LogP contribution in [-0.2, 0) is 4.79 Å². The highest BCUT2D eigenvalue weighted by Crippen LogP contribution is 2.22. The Morgan fingerprint density at radius 3 is 2.14 bits per heavy atom. The number of aliphatic hydroxyl groups is 1. The van der Waals surface area contributed by atoms with Crippen LogP contribution in [0.5, 0.6) is 0 Å². The molecule has 0 bridgehead atoms. The number of piperazine rings is 1. The van der Waals surface area contributed by atoms with Crippen LogP contribution in [0.2, 0.25) is 0 Å². The van der Waals surface area contributed by atoms with Crippen LogP contribution >= 0.6 is 0 Å². The number of aliphatic hydroxyl groups excluding tert-OH is 1. The van der Waals surface area contributed by atoms with Crippen molar-refractivity contribution in [2.45, 2.75) is 44.9 Å². The van der Waals surface area contributed by atoms with Crippen molar-refractivity contribution in [2.75, 3.05) is 32.7 Å². The van der Waals surface area contributed by atoms with Crippen molar-refractivity contribution in [3.8, 4) is 0 Å². The molecule has 0 aromatic carbocycles. The zero-order valence-corrected chi connectivity index (χ0v) is 12.9. The Kier molecular flexibility index (Phi) is 4.43. The summed E-state index contributed by atoms with van der Waals surface area (Å²) in [5.41, 5.74) is 0.0720. The van der Waals surface area contributed by atoms with E-state index in [1.165, 1.54) is 4.90 Å². The van der Waals surface area contributed by atoms with Gasteiger partial charge in [0.2, 0.25) is 0 Å². The van der Waals surface area contributed by atoms with Crippen LogP contribution in [0.1, 0.15) is 27.2 Å². The van der Waals surface area contributed by atoms with Crippen LogP contribution in [0.15, 0.2) is 0 Å². The number of nitrogens with zero attached hydrogens (tertiary/aromatic N) is 3. The smallest absolute Gasteiger partial charge is 0.326 e. The molecule has 2 aliphatic rings. The second-order valence-corrected chi connectivity index (χ2v) is 6.82. The lowest BCUT2D eigenvalue weighted by atomic mass is 10.1. The minimum Gasteiger partial charge on any atom is -0.480 e. The third-order valence-corrected chi connectivity index (χ3v) is 4.31. The summed E-state index contributed by atoms with van der Waals surface area (Å²) in [7, 11) is 0. The average Bonchev–Trinajstić information content (AvgIpc) is 2.79. The Labute approximate surface area is 125 Å². The van der Waals surface area contributed by atoms with Gasteiger partial charge in [0.05, 0.1) is 6.10 Å². The Hall–Kier alpha value is -1.34. The first kappa shape index (κ1) is 16.0. The summed E-state index contributed by atoms with van der Waals surface area (Å²) < 4.78 is 0. The van der Waals surface area contributed by atoms with Gasteiger partial charge in [-0.2, -0.15) is 0 Å². The Morgan fingerprint density at radius 1 is 1.10 bits per heavy atom. The van der Waals surface area contributed by atoms with Gasteiger partial charge in [-0.05, 0) is 20.8 Å². The number of hydrogen-bond donors (Lipinski definition) is 2. The number of β-amino-alcohol motifs (C(OH)–C–C–N with tert-alkyl or cyclic N) is 1. The molecule has 120 valence electrons. The van der Waals surface area contributed by atoms with E-state index in [1.54, 1.807) is 4.90 Å². The molecular formula is C14H25N3O4. The van der Waals surface area contributed by atoms with Crippen molar-refractivity contribution < 1.29 is 19.8 Å². The number of urea groups is 1. The van der Waals surface area contributed by atoms with Gasteiger partial charge in [-0.3, -0.25) is 4.90 Å². The molecule has 0 aromatic rings. The van der Waals surface area contributed by atoms with Crippen LogP contribution in [0.3, 0.4) is 0 Å². The highest BCUT2D eigenvalue weighted by atomic mass is 16.4. The summed E-state index contributed by atoms with van der Waals surface area (Å²) in [4.78, 5) is 29.0. The summed E-state index contributed by atoms with van der Waals surface area (Å²) in [6.07, 6.45) is -0.630. The minimum absolute atomic E-state index is 0.0720. The van der Waals surface area contributed by atoms with Crippen molar-refractivity contribution in [3.05, 3.63) is 0 Å². The second kappa shape index (κ2) is 5.81. The molecule has 2 fully saturated rings. The number of amides is 2. The van der Waals surface area contributed by atoms with Crippen LogP contribution in [0, 0.1) is 0 Å². The predicted molar refractivity (Wildman–Crippen MR) is 77.0 cm³/mol. The maximum absolute atomic E-state index is 12.5. The van der Waals surface area contributed by atoms with Crippen molar-refractivity contribution in [1.29, 1.82) is 0 Å². The highest BCUT2D eigenvalue weighted by molar-refractivity contribution is 5.83. The SMILES string of the molecule is CC(C)(C)N1CCN(C(=O)N2CC(O)CC2C(=O)O)CC1. The fourth-order valence-electron chi connectivity index (χ4n) is 3.01. The van der Waals surface area contributed by atoms with E-state index in [-0.39, 0.29) is 24.5 Å². The number of carboxylic acid groups (broad SMARTS) is 1. The highest BCUT2D eigenvalue weighted by Gasteiger charge is 2.41. The molecule has 2 amide bonds. The molecule has 0 radical (unpaired) electrons. The van der Waals surface area contributed by atoms with Gasteiger partial charge in [0.25, 0.3) is 0 Å². The summed E-state index contributed by atoms with van der Waals surface area (Å²) in [5.74, 6) is -1.05. The quantitative estimate of drug-likeness (QED) is 0.714. The van der Waals surface area contributed by atoms with Gasteiger partial charge < -0.3 is 20.0 Å². The molecule has 21 heavy (non-hydrogen) atoms. The standard InChI is InChI=1S/C14H25N3O4/c1-14(2,3)16-6-4-15(5-7-16)13(21)17-9-10(18)8-11(17)12(19)20/h10-11,18H,4-9H2,1-3H3,(H,19,20). The topological polar surface area (TPSA) is 84.3 Å². The number of carboxylic acids is 1. The zero-order chi connectivity index (χ0) is 15.8. The van der Waals surface area contributed by atoms with Gasteiger partial charge in [-0.15, -0.1) is 0 Å². The third-order valence-electron chi connectivity index (χ3n) is 4.31. The lowest BCUT2D eigenvalue weighted by molar-refractivity contribution is -0.141. The molecule has 2 N–H and O–H groups in total. The molecule has 2 aliphatic heterocycles. The summed E-state index contributed by atoms with van der Waals surface area (Å²) in [6, 6.07) is -1.18. The van der Waals surface area contributed by atoms with Crippen molar-refractivity contribution in [2.24, 2.45) is 0 Å². The van der Waals surface area contributed by atoms with Crippen molar-refractivity contribution >= 4 is 12.0 Å². The molecule has 7 nitrogen and oxygen atoms in total. The van der Waals surface area contributed by atoms with Crippen molar-refractivity contribution in [3.63, 3.8) is 0 Å². The molecule has 2 unspecified atom stereocenters. The van der Waals surface area contributed by atoms with Gasteiger partial charge in [-0.25, -0.2) is 9.59 Å². The first-order valence-electron chi connectivity index (χ1n) is 7.41. The van der Waals surface area contributed by atoms with E-state index in [9.17, 15) is 14.7 Å². The van der Waals surface area contributed by atoms with Crippen LogP contribution < -0.4 is 0 Å². The molecule has 0 saturated carbocycles. The molecule has 7 heteroatoms. The second-order valence-electron chi connectivity index (χ2n) is 6.82. The average molecular weight is 299 g/mol. The van der Waals surface area contributed by atoms with Crippen LogP contribution in [0.4, 0.5) is 4.79 Å². The summed E-state index contributed by atoms with van der Waals surface area (Å²) >= 11 is 0. The van der Waals surface area contributed by atoms with Crippen molar-refractivity contribution in [1.82, 2.24) is 14.7 Å². The Morgan fingerprint density at radius 2 is 1.67 bits per heavy atom. The van der Waals surface area contributed by atoms with Gasteiger partial charge in [0.15, 0.2) is 0 Å². The largest absolute Gasteiger partial charge is 0.480 e. The summed E-state index contributed by atoms with van der Waals surface area (Å²) in [6.45, 7) is 9.28. The third kappa shape index (κ3) is 3.47. The van der Waals surface area contributed by atoms with Gasteiger partial charge in [-0.1, -0.05) is 0 Å². The fraction of sp³-hybridized carbons (Fsp3) is 0.857. The van der Waals surface area contributed by atoms with Gasteiger partial charge in [0.1, 0.15) is 6.04 Å². The molecule has 2 atom stereocenters. The van der Waals surface area contributed by atoms with E-state index in [2.05, 4.69) is 25.7 Å². The molecule has 0 spiro atoms. The van der Waals surface area contributed by atoms with E-state index in [0.717, 1.165) is 13.1 Å². The molecule has 2 saturated heterocycles. The normalized spacial score (nSPS) is 28.0. The van der Waals surface area contributed by atoms with Gasteiger partial charge in [0, 0.05) is 44.7 Å². The zero-order valence-electron chi connectivity index (χ0n) is 12.9. The summed E-state index contributed by atoms with van der Waals surface area (Å²) in [5, 5.41) is 18.8. The molecule has 0 aliphatic carbocycles. The Bertz CT molecular complexity index is 413. The first-order valence-corrected chi connectivity index (χ1v) is 7.41. The van der Waals surface area contributed by atoms with E-state index >= 15 is 0 Å². The number of aliphatic carboxylic acids is 1. The van der Waals surface area contributed by atoms with E-state index < -0.39 is 18.1 Å². The molecule has 2 heterocycles. The van der Waals surface area contributed by atoms with E-state index in [1.807, 2.05) is 0 Å².